The number of hydrogen-bond donors (Lipinski definition) is 0. The standard InChI is InChI=1S/C25H19ClFNO4/c1-2-31-23-13-17(11-20(14-28)18-5-7-19(8-6-18)25(29)30)12-22(26)24(23)32-15-16-3-9-21(27)10-4-16/h3-13H,2,15H2,1H3,(H,29,30)/p-1/b20-11-. The van der Waals surface area contributed by atoms with Crippen LogP contribution in [0.15, 0.2) is 60.7 Å². The lowest BCUT2D eigenvalue weighted by Crippen LogP contribution is -2.21. The molecule has 0 aromatic heterocycles. The summed E-state index contributed by atoms with van der Waals surface area (Å²) in [6.07, 6.45) is 1.62. The second-order valence-electron chi connectivity index (χ2n) is 6.71. The third-order valence-corrected chi connectivity index (χ3v) is 4.77. The molecule has 0 spiro atoms. The van der Waals surface area contributed by atoms with Gasteiger partial charge in [-0.1, -0.05) is 48.0 Å². The number of carboxylic acid groups (broad SMARTS) is 1. The monoisotopic (exact) mass is 450 g/mol. The molecule has 0 unspecified atom stereocenters. The number of hydrogen-bond acceptors (Lipinski definition) is 5. The number of benzene rings is 3. The second-order valence-corrected chi connectivity index (χ2v) is 7.12. The van der Waals surface area contributed by atoms with Gasteiger partial charge in [-0.2, -0.15) is 5.26 Å². The van der Waals surface area contributed by atoms with Crippen LogP contribution in [-0.4, -0.2) is 12.6 Å². The molecule has 0 aliphatic rings. The van der Waals surface area contributed by atoms with E-state index < -0.39 is 5.97 Å². The van der Waals surface area contributed by atoms with E-state index in [1.165, 1.54) is 36.4 Å². The average Bonchev–Trinajstić information content (AvgIpc) is 2.78. The van der Waals surface area contributed by atoms with E-state index in [0.29, 0.717) is 34.8 Å². The van der Waals surface area contributed by atoms with Gasteiger partial charge in [0.25, 0.3) is 0 Å². The molecule has 0 amide bonds. The van der Waals surface area contributed by atoms with Crippen molar-refractivity contribution in [3.8, 4) is 17.6 Å². The summed E-state index contributed by atoms with van der Waals surface area (Å²) in [5.41, 5.74) is 2.25. The first-order chi connectivity index (χ1) is 15.4. The molecule has 162 valence electrons. The molecule has 0 atom stereocenters. The fourth-order valence-corrected chi connectivity index (χ4v) is 3.22. The van der Waals surface area contributed by atoms with Crippen LogP contribution in [0.25, 0.3) is 11.6 Å². The maximum Gasteiger partial charge on any atom is 0.180 e. The number of rotatable bonds is 8. The van der Waals surface area contributed by atoms with Gasteiger partial charge in [-0.25, -0.2) is 4.39 Å². The molecule has 0 heterocycles. The first-order valence-corrected chi connectivity index (χ1v) is 10.1. The Labute approximate surface area is 189 Å². The number of allylic oxidation sites excluding steroid dienone is 1. The lowest BCUT2D eigenvalue weighted by Gasteiger charge is -2.15. The lowest BCUT2D eigenvalue weighted by molar-refractivity contribution is -0.255. The summed E-state index contributed by atoms with van der Waals surface area (Å²) < 4.78 is 24.6. The highest BCUT2D eigenvalue weighted by atomic mass is 35.5. The van der Waals surface area contributed by atoms with Crippen molar-refractivity contribution in [3.05, 3.63) is 93.8 Å². The number of ether oxygens (including phenoxy) is 2. The molecule has 7 heteroatoms. The molecule has 0 N–H and O–H groups in total. The topological polar surface area (TPSA) is 82.4 Å². The van der Waals surface area contributed by atoms with Crippen molar-refractivity contribution in [3.63, 3.8) is 0 Å². The van der Waals surface area contributed by atoms with Crippen LogP contribution in [0.1, 0.15) is 34.0 Å². The fourth-order valence-electron chi connectivity index (χ4n) is 2.94. The predicted octanol–water partition coefficient (Wildman–Crippen LogP) is 4.88. The van der Waals surface area contributed by atoms with Crippen molar-refractivity contribution in [1.82, 2.24) is 0 Å². The predicted molar refractivity (Wildman–Crippen MR) is 118 cm³/mol. The minimum Gasteiger partial charge on any atom is -0.545 e. The zero-order chi connectivity index (χ0) is 23.1. The smallest absolute Gasteiger partial charge is 0.180 e. The Kier molecular flexibility index (Phi) is 7.48. The van der Waals surface area contributed by atoms with E-state index in [9.17, 15) is 19.6 Å². The quantitative estimate of drug-likeness (QED) is 0.360. The van der Waals surface area contributed by atoms with Crippen LogP contribution < -0.4 is 14.6 Å². The summed E-state index contributed by atoms with van der Waals surface area (Å²) in [7, 11) is 0. The van der Waals surface area contributed by atoms with Crippen LogP contribution in [0.5, 0.6) is 11.5 Å². The fraction of sp³-hybridized carbons (Fsp3) is 0.120. The van der Waals surface area contributed by atoms with E-state index in [0.717, 1.165) is 5.56 Å². The Balaban J connectivity index is 1.90. The molecule has 5 nitrogen and oxygen atoms in total. The first-order valence-electron chi connectivity index (χ1n) is 9.68. The zero-order valence-electron chi connectivity index (χ0n) is 17.1. The molecule has 3 rings (SSSR count). The minimum atomic E-state index is -1.29. The Hall–Kier alpha value is -3.82. The van der Waals surface area contributed by atoms with Gasteiger partial charge >= 0.3 is 0 Å². The SMILES string of the molecule is CCOc1cc(/C=C(/C#N)c2ccc(C(=O)[O-])cc2)cc(Cl)c1OCc1ccc(F)cc1. The third-order valence-electron chi connectivity index (χ3n) is 4.49. The van der Waals surface area contributed by atoms with Gasteiger partial charge in [-0.3, -0.25) is 0 Å². The molecule has 0 saturated carbocycles. The molecule has 0 aliphatic carbocycles. The van der Waals surface area contributed by atoms with Gasteiger partial charge in [0.05, 0.1) is 29.2 Å². The molecular weight excluding hydrogens is 433 g/mol. The Morgan fingerprint density at radius 1 is 1.09 bits per heavy atom. The van der Waals surface area contributed by atoms with Crippen LogP contribution in [0.4, 0.5) is 4.39 Å². The van der Waals surface area contributed by atoms with Gasteiger partial charge in [0, 0.05) is 0 Å². The number of carboxylic acids is 1. The van der Waals surface area contributed by atoms with Gasteiger partial charge in [-0.15, -0.1) is 0 Å². The Bertz CT molecular complexity index is 1180. The molecule has 0 bridgehead atoms. The molecule has 0 fully saturated rings. The number of aromatic carboxylic acids is 1. The van der Waals surface area contributed by atoms with Crippen LogP contribution in [0, 0.1) is 17.1 Å². The number of carbonyl (C=O) groups is 1. The normalized spacial score (nSPS) is 11.0. The highest BCUT2D eigenvalue weighted by Gasteiger charge is 2.13. The van der Waals surface area contributed by atoms with Gasteiger partial charge in [0.15, 0.2) is 11.5 Å². The Morgan fingerprint density at radius 3 is 2.34 bits per heavy atom. The molecule has 0 aliphatic heterocycles. The summed E-state index contributed by atoms with van der Waals surface area (Å²) in [6.45, 7) is 2.36. The second kappa shape index (κ2) is 10.5. The third kappa shape index (κ3) is 5.65. The number of nitriles is 1. The van der Waals surface area contributed by atoms with Crippen LogP contribution in [0.3, 0.4) is 0 Å². The van der Waals surface area contributed by atoms with Crippen LogP contribution in [0.2, 0.25) is 5.02 Å². The van der Waals surface area contributed by atoms with E-state index in [1.807, 2.05) is 6.92 Å². The highest BCUT2D eigenvalue weighted by molar-refractivity contribution is 6.32. The molecular formula is C25H18ClFNO4-. The maximum atomic E-state index is 13.1. The summed E-state index contributed by atoms with van der Waals surface area (Å²) in [6, 6.07) is 17.2. The summed E-state index contributed by atoms with van der Waals surface area (Å²) in [5, 5.41) is 20.8. The van der Waals surface area contributed by atoms with Gasteiger partial charge < -0.3 is 19.4 Å². The highest BCUT2D eigenvalue weighted by Crippen LogP contribution is 2.38. The molecule has 3 aromatic carbocycles. The summed E-state index contributed by atoms with van der Waals surface area (Å²) >= 11 is 6.44. The maximum absolute atomic E-state index is 13.1. The van der Waals surface area contributed by atoms with E-state index in [1.54, 1.807) is 30.3 Å². The van der Waals surface area contributed by atoms with Gasteiger partial charge in [0.1, 0.15) is 12.4 Å². The molecule has 0 radical (unpaired) electrons. The van der Waals surface area contributed by atoms with E-state index in [4.69, 9.17) is 21.1 Å². The summed E-state index contributed by atoms with van der Waals surface area (Å²) in [4.78, 5) is 10.9. The van der Waals surface area contributed by atoms with E-state index in [-0.39, 0.29) is 23.0 Å². The van der Waals surface area contributed by atoms with E-state index in [2.05, 4.69) is 6.07 Å². The number of halogens is 2. The van der Waals surface area contributed by atoms with Gasteiger partial charge in [-0.05, 0) is 59.5 Å². The average molecular weight is 451 g/mol. The van der Waals surface area contributed by atoms with Crippen molar-refractivity contribution in [1.29, 1.82) is 5.26 Å². The van der Waals surface area contributed by atoms with Crippen molar-refractivity contribution in [2.45, 2.75) is 13.5 Å². The van der Waals surface area contributed by atoms with E-state index >= 15 is 0 Å². The Morgan fingerprint density at radius 2 is 1.75 bits per heavy atom. The summed E-state index contributed by atoms with van der Waals surface area (Å²) in [5.74, 6) is -0.881. The zero-order valence-corrected chi connectivity index (χ0v) is 17.9. The number of nitrogens with zero attached hydrogens (tertiary/aromatic N) is 1. The first kappa shape index (κ1) is 22.9. The van der Waals surface area contributed by atoms with Crippen molar-refractivity contribution in [2.75, 3.05) is 6.61 Å². The minimum absolute atomic E-state index is 0.0235. The number of carbonyl (C=O) groups excluding carboxylic acids is 1. The van der Waals surface area contributed by atoms with Crippen molar-refractivity contribution < 1.29 is 23.8 Å². The van der Waals surface area contributed by atoms with Crippen LogP contribution >= 0.6 is 11.6 Å². The molecule has 32 heavy (non-hydrogen) atoms. The van der Waals surface area contributed by atoms with Gasteiger partial charge in [0.2, 0.25) is 0 Å². The largest absolute Gasteiger partial charge is 0.545 e. The molecule has 0 saturated heterocycles. The van der Waals surface area contributed by atoms with Crippen molar-refractivity contribution >= 4 is 29.2 Å². The molecule has 3 aromatic rings. The van der Waals surface area contributed by atoms with Crippen molar-refractivity contribution in [2.24, 2.45) is 0 Å². The van der Waals surface area contributed by atoms with Crippen LogP contribution in [-0.2, 0) is 6.61 Å². The lowest BCUT2D eigenvalue weighted by atomic mass is 10.0.